The molecule has 1 aliphatic carbocycles. The predicted molar refractivity (Wildman–Crippen MR) is 129 cm³/mol. The highest BCUT2D eigenvalue weighted by Crippen LogP contribution is 2.37. The molecule has 0 N–H and O–H groups in total. The SMILES string of the molecule is C[C@@H]1CCc2ncnc(N3CCN(C(=O)[C@@H](CN4CCOCC4)c4ccc(Cl)c(F)c4)CC3)c21. The van der Waals surface area contributed by atoms with E-state index >= 15 is 0 Å². The van der Waals surface area contributed by atoms with Crippen molar-refractivity contribution in [1.82, 2.24) is 19.8 Å². The van der Waals surface area contributed by atoms with Gasteiger partial charge in [0.1, 0.15) is 18.0 Å². The summed E-state index contributed by atoms with van der Waals surface area (Å²) in [5.74, 6) is 0.583. The molecule has 7 nitrogen and oxygen atoms in total. The van der Waals surface area contributed by atoms with E-state index in [1.54, 1.807) is 18.5 Å². The van der Waals surface area contributed by atoms with E-state index in [2.05, 4.69) is 26.7 Å². The molecule has 3 heterocycles. The number of ether oxygens (including phenoxy) is 1. The van der Waals surface area contributed by atoms with Gasteiger partial charge in [0.25, 0.3) is 0 Å². The van der Waals surface area contributed by atoms with E-state index in [4.69, 9.17) is 16.3 Å². The standard InChI is InChI=1S/C25H31ClFN5O2/c1-17-2-5-22-23(17)24(29-16-28-22)31-6-8-32(9-7-31)25(33)19(15-30-10-12-34-13-11-30)18-3-4-20(26)21(27)14-18/h3-4,14,16-17,19H,2,5-13,15H2,1H3/t17-,19+/m1/s1. The highest BCUT2D eigenvalue weighted by atomic mass is 35.5. The Bertz CT molecular complexity index is 1040. The van der Waals surface area contributed by atoms with E-state index < -0.39 is 11.7 Å². The predicted octanol–water partition coefficient (Wildman–Crippen LogP) is 3.08. The Morgan fingerprint density at radius 3 is 2.68 bits per heavy atom. The Morgan fingerprint density at radius 2 is 1.94 bits per heavy atom. The van der Waals surface area contributed by atoms with Gasteiger partial charge in [0.05, 0.1) is 24.2 Å². The van der Waals surface area contributed by atoms with Gasteiger partial charge in [-0.05, 0) is 36.5 Å². The van der Waals surface area contributed by atoms with Gasteiger partial charge >= 0.3 is 0 Å². The summed E-state index contributed by atoms with van der Waals surface area (Å²) in [6, 6.07) is 4.73. The van der Waals surface area contributed by atoms with Crippen molar-refractivity contribution < 1.29 is 13.9 Å². The number of piperazine rings is 1. The first-order valence-corrected chi connectivity index (χ1v) is 12.5. The number of anilines is 1. The highest BCUT2D eigenvalue weighted by Gasteiger charge is 2.33. The zero-order valence-corrected chi connectivity index (χ0v) is 20.3. The number of hydrogen-bond donors (Lipinski definition) is 0. The van der Waals surface area contributed by atoms with Crippen LogP contribution in [0, 0.1) is 5.82 Å². The maximum Gasteiger partial charge on any atom is 0.231 e. The summed E-state index contributed by atoms with van der Waals surface area (Å²) in [6.45, 7) is 8.29. The highest BCUT2D eigenvalue weighted by molar-refractivity contribution is 6.30. The molecule has 0 saturated carbocycles. The first kappa shape index (κ1) is 23.5. The van der Waals surface area contributed by atoms with Crippen LogP contribution in [0.15, 0.2) is 24.5 Å². The molecule has 182 valence electrons. The fourth-order valence-electron chi connectivity index (χ4n) is 5.33. The third-order valence-corrected chi connectivity index (χ3v) is 7.64. The monoisotopic (exact) mass is 487 g/mol. The maximum atomic E-state index is 14.3. The number of fused-ring (bicyclic) bond motifs is 1. The van der Waals surface area contributed by atoms with Crippen LogP contribution in [-0.4, -0.2) is 84.7 Å². The Morgan fingerprint density at radius 1 is 1.18 bits per heavy atom. The van der Waals surface area contributed by atoms with E-state index in [-0.39, 0.29) is 10.9 Å². The molecule has 1 aromatic carbocycles. The van der Waals surface area contributed by atoms with Gasteiger partial charge in [0, 0.05) is 57.1 Å². The van der Waals surface area contributed by atoms with Crippen molar-refractivity contribution in [2.75, 3.05) is 63.9 Å². The zero-order chi connectivity index (χ0) is 23.7. The molecule has 1 aromatic heterocycles. The second-order valence-electron chi connectivity index (χ2n) is 9.45. The van der Waals surface area contributed by atoms with Gasteiger partial charge in [-0.3, -0.25) is 9.69 Å². The minimum Gasteiger partial charge on any atom is -0.379 e. The summed E-state index contributed by atoms with van der Waals surface area (Å²) >= 11 is 5.92. The van der Waals surface area contributed by atoms with Crippen molar-refractivity contribution in [3.05, 3.63) is 52.2 Å². The minimum absolute atomic E-state index is 0.0362. The third kappa shape index (κ3) is 4.76. The van der Waals surface area contributed by atoms with Crippen LogP contribution in [0.3, 0.4) is 0 Å². The minimum atomic E-state index is -0.490. The first-order valence-electron chi connectivity index (χ1n) is 12.1. The molecular formula is C25H31ClFN5O2. The fourth-order valence-corrected chi connectivity index (χ4v) is 5.45. The van der Waals surface area contributed by atoms with Crippen LogP contribution < -0.4 is 4.90 Å². The van der Waals surface area contributed by atoms with Crippen LogP contribution in [0.2, 0.25) is 5.02 Å². The smallest absolute Gasteiger partial charge is 0.231 e. The van der Waals surface area contributed by atoms with E-state index in [1.807, 2.05) is 4.90 Å². The summed E-state index contributed by atoms with van der Waals surface area (Å²) in [4.78, 5) is 29.2. The molecule has 2 atom stereocenters. The van der Waals surface area contributed by atoms with Crippen molar-refractivity contribution in [2.45, 2.75) is 31.6 Å². The van der Waals surface area contributed by atoms with Gasteiger partial charge in [0.2, 0.25) is 5.91 Å². The third-order valence-electron chi connectivity index (χ3n) is 7.33. The molecule has 0 unspecified atom stereocenters. The van der Waals surface area contributed by atoms with Crippen LogP contribution >= 0.6 is 11.6 Å². The number of rotatable bonds is 5. The summed E-state index contributed by atoms with van der Waals surface area (Å²) in [7, 11) is 0. The molecule has 5 rings (SSSR count). The van der Waals surface area contributed by atoms with Gasteiger partial charge in [-0.15, -0.1) is 0 Å². The Balaban J connectivity index is 1.31. The number of hydrogen-bond acceptors (Lipinski definition) is 6. The normalized spacial score (nSPS) is 22.0. The topological polar surface area (TPSA) is 61.8 Å². The second-order valence-corrected chi connectivity index (χ2v) is 9.86. The number of carbonyl (C=O) groups excluding carboxylic acids is 1. The Labute approximate surface area is 204 Å². The molecule has 34 heavy (non-hydrogen) atoms. The number of morpholine rings is 1. The van der Waals surface area contributed by atoms with Crippen molar-refractivity contribution in [2.24, 2.45) is 0 Å². The summed E-state index contributed by atoms with van der Waals surface area (Å²) in [6.07, 6.45) is 3.78. The zero-order valence-electron chi connectivity index (χ0n) is 19.6. The summed E-state index contributed by atoms with van der Waals surface area (Å²) in [5.41, 5.74) is 3.10. The van der Waals surface area contributed by atoms with Crippen LogP contribution in [0.25, 0.3) is 0 Å². The molecular weight excluding hydrogens is 457 g/mol. The quantitative estimate of drug-likeness (QED) is 0.646. The van der Waals surface area contributed by atoms with Gasteiger partial charge in [0.15, 0.2) is 0 Å². The Kier molecular flexibility index (Phi) is 6.99. The van der Waals surface area contributed by atoms with Crippen LogP contribution in [-0.2, 0) is 16.0 Å². The Hall–Kier alpha value is -2.29. The van der Waals surface area contributed by atoms with Crippen LogP contribution in [0.1, 0.15) is 42.0 Å². The molecule has 2 fully saturated rings. The van der Waals surface area contributed by atoms with Gasteiger partial charge in [-0.1, -0.05) is 24.6 Å². The molecule has 0 spiro atoms. The van der Waals surface area contributed by atoms with Crippen molar-refractivity contribution in [3.8, 4) is 0 Å². The lowest BCUT2D eigenvalue weighted by atomic mass is 9.96. The lowest BCUT2D eigenvalue weighted by molar-refractivity contribution is -0.134. The molecule has 2 aliphatic heterocycles. The molecule has 0 radical (unpaired) electrons. The molecule has 0 bridgehead atoms. The van der Waals surface area contributed by atoms with Gasteiger partial charge < -0.3 is 14.5 Å². The summed E-state index contributed by atoms with van der Waals surface area (Å²) < 4.78 is 19.8. The second kappa shape index (κ2) is 10.1. The number of aromatic nitrogens is 2. The lowest BCUT2D eigenvalue weighted by Crippen LogP contribution is -2.52. The van der Waals surface area contributed by atoms with Crippen molar-refractivity contribution in [3.63, 3.8) is 0 Å². The molecule has 2 saturated heterocycles. The van der Waals surface area contributed by atoms with Crippen molar-refractivity contribution in [1.29, 1.82) is 0 Å². The van der Waals surface area contributed by atoms with E-state index in [1.165, 1.54) is 11.6 Å². The van der Waals surface area contributed by atoms with E-state index in [0.717, 1.165) is 50.5 Å². The fraction of sp³-hybridized carbons (Fsp3) is 0.560. The van der Waals surface area contributed by atoms with E-state index in [0.29, 0.717) is 44.3 Å². The first-order chi connectivity index (χ1) is 16.5. The largest absolute Gasteiger partial charge is 0.379 e. The number of aryl methyl sites for hydroxylation is 1. The number of benzene rings is 1. The van der Waals surface area contributed by atoms with Gasteiger partial charge in [-0.25, -0.2) is 14.4 Å². The lowest BCUT2D eigenvalue weighted by Gasteiger charge is -2.39. The molecule has 3 aliphatic rings. The van der Waals surface area contributed by atoms with Crippen LogP contribution in [0.4, 0.5) is 10.2 Å². The van der Waals surface area contributed by atoms with Crippen LogP contribution in [0.5, 0.6) is 0 Å². The van der Waals surface area contributed by atoms with E-state index in [9.17, 15) is 9.18 Å². The summed E-state index contributed by atoms with van der Waals surface area (Å²) in [5, 5.41) is 0.0709. The maximum absolute atomic E-state index is 14.3. The number of amides is 1. The number of nitrogens with zero attached hydrogens (tertiary/aromatic N) is 5. The number of carbonyl (C=O) groups is 1. The number of halogens is 2. The average molecular weight is 488 g/mol. The molecule has 2 aromatic rings. The van der Waals surface area contributed by atoms with Crippen molar-refractivity contribution >= 4 is 23.3 Å². The van der Waals surface area contributed by atoms with Gasteiger partial charge in [-0.2, -0.15) is 0 Å². The average Bonchev–Trinajstić information content (AvgIpc) is 3.26. The molecule has 1 amide bonds. The molecule has 9 heteroatoms.